The Bertz CT molecular complexity index is 1700. The Balaban J connectivity index is 1.18. The minimum absolute atomic E-state index is 1.08. The average molecular weight is 583 g/mol. The second-order valence-electron chi connectivity index (χ2n) is 10.5. The van der Waals surface area contributed by atoms with E-state index in [0.717, 1.165) is 11.5 Å². The highest BCUT2D eigenvalue weighted by atomic mass is 32.2. The molecule has 7 rings (SSSR count). The molecule has 3 heterocycles. The molecular formula is C38H30S3. The summed E-state index contributed by atoms with van der Waals surface area (Å²) in [4.78, 5) is 5.52. The van der Waals surface area contributed by atoms with Crippen LogP contribution >= 0.6 is 34.4 Å². The van der Waals surface area contributed by atoms with Crippen molar-refractivity contribution in [3.63, 3.8) is 0 Å². The molecule has 0 N–H and O–H groups in total. The lowest BCUT2D eigenvalue weighted by atomic mass is 9.96. The molecule has 0 fully saturated rings. The number of thiophene rings is 2. The SMILES string of the molecule is Cc1sc(-c2ccc(-c3ccccc3)cc2)cc1C1=C(c2cc(-c3ccc(-c4ccccc4)cc3)sc2C)CSC1. The average Bonchev–Trinajstić information content (AvgIpc) is 3.76. The van der Waals surface area contributed by atoms with Crippen molar-refractivity contribution >= 4 is 45.6 Å². The molecule has 0 saturated heterocycles. The summed E-state index contributed by atoms with van der Waals surface area (Å²) in [5.41, 5.74) is 13.5. The van der Waals surface area contributed by atoms with Gasteiger partial charge < -0.3 is 0 Å². The highest BCUT2D eigenvalue weighted by molar-refractivity contribution is 8.00. The molecule has 1 aliphatic heterocycles. The van der Waals surface area contributed by atoms with Gasteiger partial charge in [0.15, 0.2) is 0 Å². The summed E-state index contributed by atoms with van der Waals surface area (Å²) in [6.07, 6.45) is 0. The van der Waals surface area contributed by atoms with Crippen LogP contribution in [0.3, 0.4) is 0 Å². The molecule has 0 radical (unpaired) electrons. The Morgan fingerprint density at radius 3 is 1.15 bits per heavy atom. The molecule has 6 aromatic rings. The quantitative estimate of drug-likeness (QED) is 0.188. The second-order valence-corrected chi connectivity index (χ2v) is 14.0. The fourth-order valence-corrected chi connectivity index (χ4v) is 8.95. The molecule has 200 valence electrons. The molecule has 41 heavy (non-hydrogen) atoms. The van der Waals surface area contributed by atoms with E-state index in [0.29, 0.717) is 0 Å². The van der Waals surface area contributed by atoms with Gasteiger partial charge in [0.05, 0.1) is 0 Å². The topological polar surface area (TPSA) is 0 Å². The van der Waals surface area contributed by atoms with E-state index in [1.807, 2.05) is 34.4 Å². The normalized spacial score (nSPS) is 13.2. The predicted molar refractivity (Wildman–Crippen MR) is 184 cm³/mol. The highest BCUT2D eigenvalue weighted by Gasteiger charge is 2.24. The van der Waals surface area contributed by atoms with E-state index in [-0.39, 0.29) is 0 Å². The van der Waals surface area contributed by atoms with Crippen molar-refractivity contribution in [2.45, 2.75) is 13.8 Å². The van der Waals surface area contributed by atoms with Gasteiger partial charge in [-0.05, 0) is 81.6 Å². The number of thioether (sulfide) groups is 1. The van der Waals surface area contributed by atoms with E-state index in [2.05, 4.69) is 135 Å². The van der Waals surface area contributed by atoms with Gasteiger partial charge in [0.2, 0.25) is 0 Å². The largest absolute Gasteiger partial charge is 0.152 e. The second kappa shape index (κ2) is 11.3. The molecule has 0 spiro atoms. The van der Waals surface area contributed by atoms with Crippen LogP contribution in [0.15, 0.2) is 121 Å². The molecule has 0 amide bonds. The standard InChI is InChI=1S/C38H30S3/c1-25-33(21-37(40-25)31-17-13-29(14-18-31)27-9-5-3-6-10-27)35-23-39-24-36(35)34-22-38(41-26(34)2)32-19-15-30(16-20-32)28-11-7-4-8-12-28/h3-22H,23-24H2,1-2H3. The fourth-order valence-electron chi connectivity index (χ4n) is 5.67. The van der Waals surface area contributed by atoms with Gasteiger partial charge in [-0.25, -0.2) is 0 Å². The molecule has 0 atom stereocenters. The smallest absolute Gasteiger partial charge is 0.0351 e. The third-order valence-corrected chi connectivity index (χ3v) is 11.1. The maximum absolute atomic E-state index is 2.43. The molecule has 2 aromatic heterocycles. The minimum atomic E-state index is 1.08. The van der Waals surface area contributed by atoms with E-state index in [4.69, 9.17) is 0 Å². The summed E-state index contributed by atoms with van der Waals surface area (Å²) in [6, 6.07) is 44.2. The summed E-state index contributed by atoms with van der Waals surface area (Å²) in [6.45, 7) is 4.57. The van der Waals surface area contributed by atoms with E-state index in [9.17, 15) is 0 Å². The van der Waals surface area contributed by atoms with Crippen molar-refractivity contribution in [3.8, 4) is 43.1 Å². The summed E-state index contributed by atoms with van der Waals surface area (Å²) in [5.74, 6) is 2.16. The zero-order chi connectivity index (χ0) is 27.8. The van der Waals surface area contributed by atoms with Crippen molar-refractivity contribution in [2.24, 2.45) is 0 Å². The molecule has 0 unspecified atom stereocenters. The summed E-state index contributed by atoms with van der Waals surface area (Å²) in [7, 11) is 0. The summed E-state index contributed by atoms with van der Waals surface area (Å²) < 4.78 is 0. The highest BCUT2D eigenvalue weighted by Crippen LogP contribution is 2.46. The summed E-state index contributed by atoms with van der Waals surface area (Å²) in [5, 5.41) is 0. The molecular weight excluding hydrogens is 553 g/mol. The van der Waals surface area contributed by atoms with Gasteiger partial charge in [-0.15, -0.1) is 22.7 Å². The van der Waals surface area contributed by atoms with Crippen molar-refractivity contribution < 1.29 is 0 Å². The van der Waals surface area contributed by atoms with Gasteiger partial charge >= 0.3 is 0 Å². The first-order valence-electron chi connectivity index (χ1n) is 14.0. The van der Waals surface area contributed by atoms with Crippen LogP contribution in [0.5, 0.6) is 0 Å². The van der Waals surface area contributed by atoms with Crippen molar-refractivity contribution in [1.29, 1.82) is 0 Å². The van der Waals surface area contributed by atoms with Crippen LogP contribution in [-0.2, 0) is 0 Å². The summed E-state index contributed by atoms with van der Waals surface area (Å²) >= 11 is 5.88. The van der Waals surface area contributed by atoms with Crippen LogP contribution in [0.4, 0.5) is 0 Å². The molecule has 0 aliphatic carbocycles. The van der Waals surface area contributed by atoms with Gasteiger partial charge in [0.1, 0.15) is 0 Å². The Morgan fingerprint density at radius 2 is 0.756 bits per heavy atom. The molecule has 4 aromatic carbocycles. The van der Waals surface area contributed by atoms with E-state index in [1.165, 1.54) is 75.2 Å². The Morgan fingerprint density at radius 1 is 0.415 bits per heavy atom. The third kappa shape index (κ3) is 5.26. The van der Waals surface area contributed by atoms with Crippen LogP contribution in [0.2, 0.25) is 0 Å². The van der Waals surface area contributed by atoms with Crippen LogP contribution in [0.1, 0.15) is 20.9 Å². The van der Waals surface area contributed by atoms with Crippen molar-refractivity contribution in [2.75, 3.05) is 11.5 Å². The Labute approximate surface area is 255 Å². The maximum atomic E-state index is 2.43. The monoisotopic (exact) mass is 582 g/mol. The molecule has 1 aliphatic rings. The van der Waals surface area contributed by atoms with E-state index < -0.39 is 0 Å². The van der Waals surface area contributed by atoms with E-state index >= 15 is 0 Å². The van der Waals surface area contributed by atoms with E-state index in [1.54, 1.807) is 0 Å². The van der Waals surface area contributed by atoms with Crippen LogP contribution in [-0.4, -0.2) is 11.5 Å². The molecule has 0 bridgehead atoms. The first-order valence-corrected chi connectivity index (χ1v) is 16.8. The zero-order valence-electron chi connectivity index (χ0n) is 23.2. The number of hydrogen-bond acceptors (Lipinski definition) is 3. The Hall–Kier alpha value is -3.63. The maximum Gasteiger partial charge on any atom is 0.0351 e. The Kier molecular flexibility index (Phi) is 7.26. The van der Waals surface area contributed by atoms with Crippen LogP contribution < -0.4 is 0 Å². The van der Waals surface area contributed by atoms with Gasteiger partial charge in [-0.3, -0.25) is 0 Å². The minimum Gasteiger partial charge on any atom is -0.152 e. The van der Waals surface area contributed by atoms with Gasteiger partial charge in [0, 0.05) is 31.0 Å². The van der Waals surface area contributed by atoms with Gasteiger partial charge in [-0.1, -0.05) is 109 Å². The fraction of sp³-hybridized carbons (Fsp3) is 0.105. The van der Waals surface area contributed by atoms with Crippen molar-refractivity contribution in [3.05, 3.63) is 142 Å². The van der Waals surface area contributed by atoms with Gasteiger partial charge in [0.25, 0.3) is 0 Å². The lowest BCUT2D eigenvalue weighted by Crippen LogP contribution is -1.90. The zero-order valence-corrected chi connectivity index (χ0v) is 25.6. The number of benzene rings is 4. The molecule has 3 heteroatoms. The number of aryl methyl sites for hydroxylation is 2. The predicted octanol–water partition coefficient (Wildman–Crippen LogP) is 11.8. The molecule has 0 nitrogen and oxygen atoms in total. The lowest BCUT2D eigenvalue weighted by molar-refractivity contribution is 1.51. The number of rotatable bonds is 6. The first-order chi connectivity index (χ1) is 20.1. The van der Waals surface area contributed by atoms with Crippen LogP contribution in [0.25, 0.3) is 54.3 Å². The first kappa shape index (κ1) is 26.3. The van der Waals surface area contributed by atoms with Gasteiger partial charge in [-0.2, -0.15) is 11.8 Å². The van der Waals surface area contributed by atoms with Crippen molar-refractivity contribution in [1.82, 2.24) is 0 Å². The van der Waals surface area contributed by atoms with Crippen LogP contribution in [0, 0.1) is 13.8 Å². The third-order valence-electron chi connectivity index (χ3n) is 7.90. The molecule has 0 saturated carbocycles. The number of hydrogen-bond donors (Lipinski definition) is 0. The lowest BCUT2D eigenvalue weighted by Gasteiger charge is -2.07.